The van der Waals surface area contributed by atoms with Crippen LogP contribution in [0.1, 0.15) is 161 Å². The lowest BCUT2D eigenvalue weighted by molar-refractivity contribution is 0.0487. The molecule has 0 aromatic heterocycles. The van der Waals surface area contributed by atoms with Gasteiger partial charge in [0.1, 0.15) is 16.8 Å². The van der Waals surface area contributed by atoms with Crippen LogP contribution in [0, 0.1) is 5.92 Å². The van der Waals surface area contributed by atoms with Crippen LogP contribution in [0.2, 0.25) is 0 Å². The lowest BCUT2D eigenvalue weighted by Gasteiger charge is -2.28. The third-order valence-corrected chi connectivity index (χ3v) is 12.2. The van der Waals surface area contributed by atoms with Crippen molar-refractivity contribution in [3.8, 4) is 11.1 Å². The number of hydrogen-bond acceptors (Lipinski definition) is 8. The number of carbonyl (C=O) groups is 5. The second-order valence-corrected chi connectivity index (χ2v) is 19.3. The van der Waals surface area contributed by atoms with Crippen LogP contribution in [0.25, 0.3) is 11.1 Å². The summed E-state index contributed by atoms with van der Waals surface area (Å²) in [5, 5.41) is 29.4. The monoisotopic (exact) mass is 914 g/mol. The van der Waals surface area contributed by atoms with Crippen molar-refractivity contribution in [2.75, 3.05) is 0 Å². The molecule has 0 amide bonds. The van der Waals surface area contributed by atoms with E-state index in [1.54, 1.807) is 84.9 Å². The van der Waals surface area contributed by atoms with E-state index in [1.165, 1.54) is 91.2 Å². The van der Waals surface area contributed by atoms with Gasteiger partial charge < -0.3 is 15.3 Å². The van der Waals surface area contributed by atoms with Crippen LogP contribution in [0.15, 0.2) is 158 Å². The van der Waals surface area contributed by atoms with Gasteiger partial charge in [0.2, 0.25) is 11.6 Å². The minimum atomic E-state index is -1.38. The predicted molar refractivity (Wildman–Crippen MR) is 271 cm³/mol. The number of Topliss-reactive ketones (excluding diaryl/α,β-unsaturated/α-hetero) is 5. The summed E-state index contributed by atoms with van der Waals surface area (Å²) in [4.78, 5) is 59.8. The van der Waals surface area contributed by atoms with E-state index in [9.17, 15) is 39.3 Å². The van der Waals surface area contributed by atoms with Gasteiger partial charge in [0, 0.05) is 27.8 Å². The molecule has 6 aromatic carbocycles. The van der Waals surface area contributed by atoms with Gasteiger partial charge in [0.25, 0.3) is 0 Å². The molecule has 0 unspecified atom stereocenters. The molecule has 0 bridgehead atoms. The standard InChI is InChI=1S/C25H32O2.C21H24O4.C14H10O2/c1-4-5-18-6-8-19(9-7-18)20-10-12-21(13-11-20)22-14-16-23(17-15-22)24(26)25(2,3)27;1-20(2,24)18(22)16-9-5-14(6-10-16)13-15-7-11-17(12-8-15)19(23)21(3,4)25;15-13(11-7-3-1-4-8-11)14(16)12-9-5-2-6-10-12/h10-19,27H,4-9H2,1-3H3;5-12,24-25H,13H2,1-4H3;1-10H. The van der Waals surface area contributed by atoms with Crippen LogP contribution < -0.4 is 0 Å². The van der Waals surface area contributed by atoms with E-state index in [0.29, 0.717) is 40.2 Å². The van der Waals surface area contributed by atoms with E-state index in [0.717, 1.165) is 22.6 Å². The van der Waals surface area contributed by atoms with E-state index in [2.05, 4.69) is 31.2 Å². The van der Waals surface area contributed by atoms with E-state index < -0.39 is 28.4 Å². The van der Waals surface area contributed by atoms with Gasteiger partial charge in [-0.1, -0.05) is 177 Å². The highest BCUT2D eigenvalue weighted by molar-refractivity contribution is 6.49. The highest BCUT2D eigenvalue weighted by atomic mass is 16.3. The van der Waals surface area contributed by atoms with E-state index in [-0.39, 0.29) is 17.3 Å². The van der Waals surface area contributed by atoms with Gasteiger partial charge >= 0.3 is 0 Å². The fraction of sp³-hybridized carbons (Fsp3) is 0.317. The van der Waals surface area contributed by atoms with Gasteiger partial charge in [-0.05, 0) is 113 Å². The van der Waals surface area contributed by atoms with Crippen LogP contribution in [0.3, 0.4) is 0 Å². The average Bonchev–Trinajstić information content (AvgIpc) is 3.34. The van der Waals surface area contributed by atoms with Crippen molar-refractivity contribution < 1.29 is 39.3 Å². The highest BCUT2D eigenvalue weighted by Crippen LogP contribution is 2.38. The van der Waals surface area contributed by atoms with Gasteiger partial charge in [0.05, 0.1) is 0 Å². The molecule has 68 heavy (non-hydrogen) atoms. The van der Waals surface area contributed by atoms with Crippen LogP contribution in [0.5, 0.6) is 0 Å². The van der Waals surface area contributed by atoms with Gasteiger partial charge in [-0.2, -0.15) is 0 Å². The first kappa shape index (κ1) is 52.5. The summed E-state index contributed by atoms with van der Waals surface area (Å²) < 4.78 is 0. The lowest BCUT2D eigenvalue weighted by Crippen LogP contribution is -2.31. The number of ketones is 5. The summed E-state index contributed by atoms with van der Waals surface area (Å²) in [7, 11) is 0. The second-order valence-electron chi connectivity index (χ2n) is 19.3. The molecule has 8 heteroatoms. The van der Waals surface area contributed by atoms with E-state index >= 15 is 0 Å². The van der Waals surface area contributed by atoms with E-state index in [4.69, 9.17) is 0 Å². The predicted octanol–water partition coefficient (Wildman–Crippen LogP) is 12.3. The molecule has 0 saturated heterocycles. The summed E-state index contributed by atoms with van der Waals surface area (Å²) in [6.45, 7) is 11.2. The zero-order chi connectivity index (χ0) is 49.6. The molecule has 3 N–H and O–H groups in total. The van der Waals surface area contributed by atoms with Crippen LogP contribution in [-0.4, -0.2) is 61.0 Å². The van der Waals surface area contributed by atoms with Gasteiger partial charge in [0.15, 0.2) is 17.3 Å². The molecule has 0 radical (unpaired) electrons. The van der Waals surface area contributed by atoms with Gasteiger partial charge in [-0.15, -0.1) is 0 Å². The third kappa shape index (κ3) is 15.0. The summed E-state index contributed by atoms with van der Waals surface area (Å²) in [6, 6.07) is 47.9. The van der Waals surface area contributed by atoms with E-state index in [1.807, 2.05) is 48.5 Å². The molecule has 0 heterocycles. The second kappa shape index (κ2) is 23.5. The molecular weight excluding hydrogens is 849 g/mol. The molecule has 1 aliphatic carbocycles. The first-order chi connectivity index (χ1) is 32.1. The quantitative estimate of drug-likeness (QED) is 0.0682. The molecule has 7 rings (SSSR count). The summed E-state index contributed by atoms with van der Waals surface area (Å²) in [5.41, 5.74) is 4.02. The molecule has 0 spiro atoms. The number of hydrogen-bond donors (Lipinski definition) is 3. The highest BCUT2D eigenvalue weighted by Gasteiger charge is 2.27. The van der Waals surface area contributed by atoms with Crippen molar-refractivity contribution in [3.63, 3.8) is 0 Å². The summed E-state index contributed by atoms with van der Waals surface area (Å²) in [6.07, 6.45) is 8.74. The molecule has 0 atom stereocenters. The normalized spacial score (nSPS) is 14.9. The maximum absolute atomic E-state index is 12.1. The SMILES string of the molecule is CC(C)(O)C(=O)c1ccc(Cc2ccc(C(=O)C(C)(C)O)cc2)cc1.CCCC1CCC(c2ccc(-c3ccc(C(=O)C(C)(C)O)cc3)cc2)CC1.O=C(C(=O)c1ccccc1)c1ccccc1. The minimum absolute atomic E-state index is 0.247. The fourth-order valence-corrected chi connectivity index (χ4v) is 8.24. The Morgan fingerprint density at radius 3 is 1.07 bits per heavy atom. The third-order valence-electron chi connectivity index (χ3n) is 12.2. The molecular formula is C60H66O8. The number of benzene rings is 6. The maximum Gasteiger partial charge on any atom is 0.233 e. The maximum atomic E-state index is 12.1. The largest absolute Gasteiger partial charge is 0.382 e. The zero-order valence-electron chi connectivity index (χ0n) is 40.5. The first-order valence-electron chi connectivity index (χ1n) is 23.5. The number of aliphatic hydroxyl groups is 3. The Kier molecular flexibility index (Phi) is 18.2. The molecule has 354 valence electrons. The lowest BCUT2D eigenvalue weighted by atomic mass is 9.77. The topological polar surface area (TPSA) is 146 Å². The van der Waals surface area contributed by atoms with Crippen molar-refractivity contribution in [2.24, 2.45) is 5.92 Å². The molecule has 0 aliphatic heterocycles. The Morgan fingerprint density at radius 2 is 0.750 bits per heavy atom. The Labute approximate surface area is 402 Å². The Hall–Kier alpha value is -6.45. The zero-order valence-corrected chi connectivity index (χ0v) is 40.5. The first-order valence-corrected chi connectivity index (χ1v) is 23.5. The van der Waals surface area contributed by atoms with Crippen LogP contribution in [-0.2, 0) is 6.42 Å². The summed E-state index contributed by atoms with van der Waals surface area (Å²) >= 11 is 0. The van der Waals surface area contributed by atoms with Crippen molar-refractivity contribution in [2.45, 2.75) is 116 Å². The minimum Gasteiger partial charge on any atom is -0.382 e. The molecule has 1 saturated carbocycles. The number of rotatable bonds is 15. The summed E-state index contributed by atoms with van der Waals surface area (Å²) in [5.74, 6) is -0.154. The molecule has 6 aromatic rings. The Morgan fingerprint density at radius 1 is 0.426 bits per heavy atom. The molecule has 1 aliphatic rings. The van der Waals surface area contributed by atoms with Gasteiger partial charge in [-0.25, -0.2) is 0 Å². The van der Waals surface area contributed by atoms with Crippen molar-refractivity contribution in [3.05, 3.63) is 202 Å². The van der Waals surface area contributed by atoms with Gasteiger partial charge in [-0.3, -0.25) is 24.0 Å². The average molecular weight is 915 g/mol. The van der Waals surface area contributed by atoms with Crippen molar-refractivity contribution >= 4 is 28.9 Å². The molecule has 1 fully saturated rings. The van der Waals surface area contributed by atoms with Crippen molar-refractivity contribution in [1.82, 2.24) is 0 Å². The van der Waals surface area contributed by atoms with Crippen LogP contribution in [0.4, 0.5) is 0 Å². The Bertz CT molecular complexity index is 2470. The number of carbonyl (C=O) groups excluding carboxylic acids is 5. The smallest absolute Gasteiger partial charge is 0.233 e. The molecule has 8 nitrogen and oxygen atoms in total. The Balaban J connectivity index is 0.000000197. The fourth-order valence-electron chi connectivity index (χ4n) is 8.24. The van der Waals surface area contributed by atoms with Crippen LogP contribution >= 0.6 is 0 Å². The van der Waals surface area contributed by atoms with Crippen molar-refractivity contribution in [1.29, 1.82) is 0 Å².